The van der Waals surface area contributed by atoms with Crippen LogP contribution in [0.3, 0.4) is 0 Å². The third-order valence-corrected chi connectivity index (χ3v) is 18.2. The van der Waals surface area contributed by atoms with Crippen LogP contribution in [0.15, 0.2) is 182 Å². The number of hydrogen-bond donors (Lipinski definition) is 0. The van der Waals surface area contributed by atoms with Crippen molar-refractivity contribution in [2.45, 2.75) is 157 Å². The van der Waals surface area contributed by atoms with E-state index in [1.165, 1.54) is 60.6 Å². The highest BCUT2D eigenvalue weighted by atomic mass is 16.5. The summed E-state index contributed by atoms with van der Waals surface area (Å²) in [7, 11) is 2.24. The van der Waals surface area contributed by atoms with Gasteiger partial charge in [-0.2, -0.15) is 0 Å². The monoisotopic (exact) mass is 1120 g/mol. The number of benzene rings is 9. The molecule has 0 N–H and O–H groups in total. The van der Waals surface area contributed by atoms with Crippen LogP contribution in [0.1, 0.15) is 158 Å². The van der Waals surface area contributed by atoms with Gasteiger partial charge in [0.2, 0.25) is 0 Å². The maximum absolute atomic E-state index is 7.49. The molecule has 0 atom stereocenters. The lowest BCUT2D eigenvalue weighted by atomic mass is 9.33. The SMILES string of the molecule is Cn1c2ccccc2c2c(N(c3ccc(C(C)(C)C)cc3)c3ccc(C(C)(C)C)cc3)cc(N3c4ccc(C(C)(C)C)cc4B4c5cc(C(C)(C)C)ccc5Oc5cc(N(c6ccc(C(C)(C)C)cc6)c6ccc(C(C)(C)C)cc6)cc3c54)cc21. The van der Waals surface area contributed by atoms with Gasteiger partial charge in [-0.15, -0.1) is 0 Å². The Morgan fingerprint density at radius 2 is 0.776 bits per heavy atom. The van der Waals surface area contributed by atoms with Gasteiger partial charge in [0.1, 0.15) is 11.5 Å². The van der Waals surface area contributed by atoms with Gasteiger partial charge in [-0.1, -0.05) is 216 Å². The highest BCUT2D eigenvalue weighted by molar-refractivity contribution is 6.99. The first-order valence-electron chi connectivity index (χ1n) is 30.8. The van der Waals surface area contributed by atoms with E-state index in [1.807, 2.05) is 0 Å². The predicted octanol–water partition coefficient (Wildman–Crippen LogP) is 20.5. The van der Waals surface area contributed by atoms with Crippen LogP contribution < -0.4 is 35.8 Å². The average molecular weight is 1120 g/mol. The fraction of sp³-hybridized carbons (Fsp3) is 0.316. The maximum Gasteiger partial charge on any atom is 0.256 e. The van der Waals surface area contributed by atoms with Gasteiger partial charge in [-0.05, 0) is 167 Å². The molecule has 6 heteroatoms. The molecule has 0 spiro atoms. The Morgan fingerprint density at radius 3 is 1.25 bits per heavy atom. The zero-order valence-electron chi connectivity index (χ0n) is 54.1. The molecule has 0 fully saturated rings. The first kappa shape index (κ1) is 57.5. The van der Waals surface area contributed by atoms with E-state index < -0.39 is 0 Å². The molecule has 5 nitrogen and oxygen atoms in total. The van der Waals surface area contributed by atoms with Crippen molar-refractivity contribution < 1.29 is 4.74 Å². The van der Waals surface area contributed by atoms with Crippen molar-refractivity contribution in [2.24, 2.45) is 7.05 Å². The van der Waals surface area contributed by atoms with Gasteiger partial charge in [0.15, 0.2) is 0 Å². The van der Waals surface area contributed by atoms with Gasteiger partial charge < -0.3 is 24.0 Å². The zero-order chi connectivity index (χ0) is 60.7. The third-order valence-electron chi connectivity index (χ3n) is 18.2. The van der Waals surface area contributed by atoms with E-state index >= 15 is 0 Å². The Morgan fingerprint density at radius 1 is 0.353 bits per heavy atom. The molecule has 0 saturated heterocycles. The number of hydrogen-bond acceptors (Lipinski definition) is 4. The van der Waals surface area contributed by atoms with Crippen molar-refractivity contribution in [3.8, 4) is 11.5 Å². The van der Waals surface area contributed by atoms with Crippen LogP contribution >= 0.6 is 0 Å². The van der Waals surface area contributed by atoms with Gasteiger partial charge in [-0.25, -0.2) is 0 Å². The van der Waals surface area contributed by atoms with E-state index in [2.05, 4.69) is 333 Å². The average Bonchev–Trinajstić information content (AvgIpc) is 1.42. The van der Waals surface area contributed by atoms with Crippen molar-refractivity contribution in [1.82, 2.24) is 4.57 Å². The summed E-state index contributed by atoms with van der Waals surface area (Å²) in [5, 5.41) is 2.41. The van der Waals surface area contributed by atoms with Gasteiger partial charge >= 0.3 is 0 Å². The molecule has 0 saturated carbocycles. The minimum atomic E-state index is -0.121. The lowest BCUT2D eigenvalue weighted by Crippen LogP contribution is -2.60. The molecule has 9 aromatic carbocycles. The molecule has 432 valence electrons. The standard InChI is InChI=1S/C79H87BN4O/c1-74(2,3)50-24-34-56(35-25-50)82(57-36-26-51(27-37-57)75(4,5)6)61-48-69-73-71(49-61)85-70-43-33-55(79(16,17)18)45-64(70)80(73)63-44-54(78(13,14)15)32-42-66(63)84(69)60-46-67-72(62-22-20-21-23-65(62)81(67)19)68(47-60)83(58-38-28-52(29-39-58)76(7,8)9)59-40-30-53(31-41-59)77(10,11)12/h20-49H,1-19H3. The fourth-order valence-electron chi connectivity index (χ4n) is 12.9. The quantitative estimate of drug-likeness (QED) is 0.148. The Bertz CT molecular complexity index is 4080. The second kappa shape index (κ2) is 20.1. The van der Waals surface area contributed by atoms with E-state index in [0.717, 1.165) is 73.7 Å². The zero-order valence-corrected chi connectivity index (χ0v) is 54.1. The van der Waals surface area contributed by atoms with Gasteiger partial charge in [0.05, 0.1) is 22.6 Å². The summed E-state index contributed by atoms with van der Waals surface area (Å²) in [6, 6.07) is 69.9. The lowest BCUT2D eigenvalue weighted by Gasteiger charge is -2.42. The van der Waals surface area contributed by atoms with Crippen molar-refractivity contribution >= 4 is 96.1 Å². The summed E-state index contributed by atoms with van der Waals surface area (Å²) >= 11 is 0. The minimum absolute atomic E-state index is 0.0109. The van der Waals surface area contributed by atoms with Gasteiger partial charge in [0.25, 0.3) is 6.71 Å². The Hall–Kier alpha value is -7.96. The maximum atomic E-state index is 7.49. The fourth-order valence-corrected chi connectivity index (χ4v) is 12.9. The number of aromatic nitrogens is 1. The van der Waals surface area contributed by atoms with Crippen molar-refractivity contribution in [3.05, 3.63) is 215 Å². The molecule has 1 aromatic heterocycles. The predicted molar refractivity (Wildman–Crippen MR) is 368 cm³/mol. The molecule has 0 aliphatic carbocycles. The smallest absolute Gasteiger partial charge is 0.256 e. The lowest BCUT2D eigenvalue weighted by molar-refractivity contribution is 0.486. The van der Waals surface area contributed by atoms with Crippen molar-refractivity contribution in [2.75, 3.05) is 14.7 Å². The van der Waals surface area contributed by atoms with Crippen molar-refractivity contribution in [1.29, 1.82) is 0 Å². The largest absolute Gasteiger partial charge is 0.458 e. The van der Waals surface area contributed by atoms with Crippen LogP contribution in [-0.2, 0) is 39.5 Å². The van der Waals surface area contributed by atoms with E-state index in [-0.39, 0.29) is 39.2 Å². The molecular formula is C79H87BN4O. The molecule has 2 aliphatic rings. The summed E-state index contributed by atoms with van der Waals surface area (Å²) in [6.07, 6.45) is 0. The molecule has 0 radical (unpaired) electrons. The molecule has 12 rings (SSSR count). The van der Waals surface area contributed by atoms with Gasteiger partial charge in [-0.3, -0.25) is 0 Å². The number of para-hydroxylation sites is 1. The van der Waals surface area contributed by atoms with E-state index in [0.29, 0.717) is 0 Å². The third kappa shape index (κ3) is 10.3. The summed E-state index contributed by atoms with van der Waals surface area (Å²) < 4.78 is 9.89. The number of aryl methyl sites for hydroxylation is 1. The number of nitrogens with zero attached hydrogens (tertiary/aromatic N) is 4. The van der Waals surface area contributed by atoms with Crippen LogP contribution in [-0.4, -0.2) is 11.3 Å². The van der Waals surface area contributed by atoms with E-state index in [1.54, 1.807) is 0 Å². The summed E-state index contributed by atoms with van der Waals surface area (Å²) in [5.74, 6) is 1.76. The van der Waals surface area contributed by atoms with Crippen molar-refractivity contribution in [3.63, 3.8) is 0 Å². The van der Waals surface area contributed by atoms with Crippen LogP contribution in [0.4, 0.5) is 51.2 Å². The second-order valence-electron chi connectivity index (χ2n) is 30.6. The van der Waals surface area contributed by atoms with Crippen LogP contribution in [0, 0.1) is 0 Å². The number of ether oxygens (including phenoxy) is 1. The first-order valence-corrected chi connectivity index (χ1v) is 30.8. The summed E-state index contributed by atoms with van der Waals surface area (Å²) in [4.78, 5) is 7.53. The topological polar surface area (TPSA) is 23.9 Å². The normalized spacial score (nSPS) is 13.6. The molecule has 3 heterocycles. The molecule has 85 heavy (non-hydrogen) atoms. The molecule has 2 aliphatic heterocycles. The highest BCUT2D eigenvalue weighted by Crippen LogP contribution is 2.51. The van der Waals surface area contributed by atoms with Gasteiger partial charge in [0, 0.05) is 63.5 Å². The van der Waals surface area contributed by atoms with E-state index in [9.17, 15) is 0 Å². The van der Waals surface area contributed by atoms with E-state index in [4.69, 9.17) is 4.74 Å². The van der Waals surface area contributed by atoms with Crippen LogP contribution in [0.25, 0.3) is 21.8 Å². The second-order valence-corrected chi connectivity index (χ2v) is 30.6. The number of anilines is 9. The Balaban J connectivity index is 1.20. The summed E-state index contributed by atoms with van der Waals surface area (Å²) in [5.41, 5.74) is 23.2. The minimum Gasteiger partial charge on any atom is -0.458 e. The Labute approximate surface area is 508 Å². The molecule has 0 amide bonds. The molecule has 0 unspecified atom stereocenters. The molecule has 10 aromatic rings. The highest BCUT2D eigenvalue weighted by Gasteiger charge is 2.44. The van der Waals surface area contributed by atoms with Crippen LogP contribution in [0.5, 0.6) is 11.5 Å². The summed E-state index contributed by atoms with van der Waals surface area (Å²) in [6.45, 7) is 41.4. The van der Waals surface area contributed by atoms with Crippen LogP contribution in [0.2, 0.25) is 0 Å². The molecular weight excluding hydrogens is 1030 g/mol. The Kier molecular flexibility index (Phi) is 13.6. The number of rotatable bonds is 7. The molecule has 0 bridgehead atoms. The number of fused-ring (bicyclic) bond motifs is 7. The first-order chi connectivity index (χ1) is 39.8.